The van der Waals surface area contributed by atoms with E-state index in [1.807, 2.05) is 0 Å². The van der Waals surface area contributed by atoms with E-state index in [9.17, 15) is 9.90 Å². The lowest BCUT2D eigenvalue weighted by molar-refractivity contribution is 0.149. The van der Waals surface area contributed by atoms with Gasteiger partial charge >= 0.3 is 6.03 Å². The Hall–Kier alpha value is -2.18. The number of benzene rings is 1. The molecule has 1 unspecified atom stereocenters. The molecule has 6 nitrogen and oxygen atoms in total. The number of carbonyl (C=O) groups is 1. The molecule has 0 aliphatic rings. The Labute approximate surface area is 126 Å². The third-order valence-electron chi connectivity index (χ3n) is 2.75. The van der Waals surface area contributed by atoms with E-state index in [0.29, 0.717) is 22.2 Å². The largest absolute Gasteiger partial charge is 0.493 e. The van der Waals surface area contributed by atoms with E-state index in [0.717, 1.165) is 0 Å². The van der Waals surface area contributed by atoms with Crippen LogP contribution in [0.1, 0.15) is 11.9 Å². The highest BCUT2D eigenvalue weighted by molar-refractivity contribution is 6.32. The van der Waals surface area contributed by atoms with Crippen LogP contribution in [-0.2, 0) is 0 Å². The number of furan rings is 1. The number of carbonyl (C=O) groups excluding carboxylic acids is 1. The van der Waals surface area contributed by atoms with Gasteiger partial charge in [0.05, 0.1) is 30.6 Å². The Morgan fingerprint density at radius 1 is 1.43 bits per heavy atom. The quantitative estimate of drug-likeness (QED) is 0.793. The first-order valence-corrected chi connectivity index (χ1v) is 6.58. The van der Waals surface area contributed by atoms with Crippen molar-refractivity contribution in [2.24, 2.45) is 0 Å². The molecule has 2 amide bonds. The zero-order valence-corrected chi connectivity index (χ0v) is 12.1. The summed E-state index contributed by atoms with van der Waals surface area (Å²) in [5, 5.41) is 15.3. The molecule has 2 rings (SSSR count). The molecule has 112 valence electrons. The first-order chi connectivity index (χ1) is 10.1. The lowest BCUT2D eigenvalue weighted by Gasteiger charge is -2.13. The average molecular weight is 311 g/mol. The first-order valence-electron chi connectivity index (χ1n) is 6.20. The van der Waals surface area contributed by atoms with Gasteiger partial charge in [-0.05, 0) is 24.3 Å². The molecule has 0 spiro atoms. The van der Waals surface area contributed by atoms with Crippen LogP contribution in [0.4, 0.5) is 10.5 Å². The van der Waals surface area contributed by atoms with Crippen LogP contribution < -0.4 is 15.4 Å². The second-order valence-electron chi connectivity index (χ2n) is 4.19. The average Bonchev–Trinajstić information content (AvgIpc) is 2.99. The van der Waals surface area contributed by atoms with Crippen LogP contribution in [-0.4, -0.2) is 24.8 Å². The van der Waals surface area contributed by atoms with Crippen molar-refractivity contribution in [1.82, 2.24) is 5.32 Å². The summed E-state index contributed by atoms with van der Waals surface area (Å²) in [6.07, 6.45) is 0.544. The second-order valence-corrected chi connectivity index (χ2v) is 4.59. The van der Waals surface area contributed by atoms with Gasteiger partial charge in [0.15, 0.2) is 5.75 Å². The number of hydrogen-bond donors (Lipinski definition) is 3. The minimum Gasteiger partial charge on any atom is -0.493 e. The van der Waals surface area contributed by atoms with Gasteiger partial charge in [0.2, 0.25) is 0 Å². The van der Waals surface area contributed by atoms with Crippen LogP contribution in [0.25, 0.3) is 0 Å². The van der Waals surface area contributed by atoms with Gasteiger partial charge in [0.25, 0.3) is 0 Å². The SMILES string of the molecule is COc1c(Cl)cccc1NC(=O)NCC(O)c1ccco1. The standard InChI is InChI=1S/C14H15ClN2O4/c1-20-13-9(15)4-2-5-10(13)17-14(19)16-8-11(18)12-6-3-7-21-12/h2-7,11,18H,8H2,1H3,(H2,16,17,19). The molecule has 1 aromatic carbocycles. The molecule has 0 saturated heterocycles. The van der Waals surface area contributed by atoms with Gasteiger partial charge in [-0.25, -0.2) is 4.79 Å². The van der Waals surface area contributed by atoms with Crippen molar-refractivity contribution in [3.05, 3.63) is 47.4 Å². The molecule has 2 aromatic rings. The van der Waals surface area contributed by atoms with Crippen molar-refractivity contribution in [3.8, 4) is 5.75 Å². The van der Waals surface area contributed by atoms with Crippen molar-refractivity contribution in [3.63, 3.8) is 0 Å². The number of anilines is 1. The number of urea groups is 1. The summed E-state index contributed by atoms with van der Waals surface area (Å²) in [6.45, 7) is 0.0161. The van der Waals surface area contributed by atoms with E-state index < -0.39 is 12.1 Å². The van der Waals surface area contributed by atoms with Gasteiger partial charge in [0, 0.05) is 0 Å². The molecule has 1 aromatic heterocycles. The molecule has 0 fully saturated rings. The number of ether oxygens (including phenoxy) is 1. The van der Waals surface area contributed by atoms with Crippen molar-refractivity contribution in [1.29, 1.82) is 0 Å². The number of methoxy groups -OCH3 is 1. The maximum Gasteiger partial charge on any atom is 0.319 e. The topological polar surface area (TPSA) is 83.7 Å². The smallest absolute Gasteiger partial charge is 0.319 e. The highest BCUT2D eigenvalue weighted by Gasteiger charge is 2.13. The normalized spacial score (nSPS) is 11.8. The number of aliphatic hydroxyl groups is 1. The molecule has 0 radical (unpaired) electrons. The highest BCUT2D eigenvalue weighted by Crippen LogP contribution is 2.32. The van der Waals surface area contributed by atoms with Gasteiger partial charge in [-0.1, -0.05) is 17.7 Å². The van der Waals surface area contributed by atoms with E-state index in [2.05, 4.69) is 10.6 Å². The third-order valence-corrected chi connectivity index (χ3v) is 3.04. The van der Waals surface area contributed by atoms with E-state index >= 15 is 0 Å². The van der Waals surface area contributed by atoms with Gasteiger partial charge in [-0.15, -0.1) is 0 Å². The molecule has 1 atom stereocenters. The number of rotatable bonds is 5. The number of hydrogen-bond acceptors (Lipinski definition) is 4. The third kappa shape index (κ3) is 3.90. The summed E-state index contributed by atoms with van der Waals surface area (Å²) >= 11 is 5.96. The van der Waals surface area contributed by atoms with Crippen molar-refractivity contribution in [2.45, 2.75) is 6.10 Å². The maximum atomic E-state index is 11.8. The van der Waals surface area contributed by atoms with Crippen molar-refractivity contribution >= 4 is 23.3 Å². The summed E-state index contributed by atoms with van der Waals surface area (Å²) in [6, 6.07) is 7.82. The Balaban J connectivity index is 1.92. The minimum absolute atomic E-state index is 0.0161. The fraction of sp³-hybridized carbons (Fsp3) is 0.214. The lowest BCUT2D eigenvalue weighted by atomic mass is 10.2. The van der Waals surface area contributed by atoms with Crippen molar-refractivity contribution in [2.75, 3.05) is 19.0 Å². The van der Waals surface area contributed by atoms with E-state index in [1.54, 1.807) is 30.3 Å². The number of para-hydroxylation sites is 1. The molecule has 0 bridgehead atoms. The molecule has 0 aliphatic heterocycles. The Bertz CT molecular complexity index is 601. The fourth-order valence-corrected chi connectivity index (χ4v) is 2.00. The Kier molecular flexibility index (Phi) is 5.08. The van der Waals surface area contributed by atoms with Gasteiger partial charge in [-0.2, -0.15) is 0 Å². The zero-order chi connectivity index (χ0) is 15.2. The number of halogens is 1. The second kappa shape index (κ2) is 7.01. The summed E-state index contributed by atoms with van der Waals surface area (Å²) in [5.41, 5.74) is 0.440. The highest BCUT2D eigenvalue weighted by atomic mass is 35.5. The lowest BCUT2D eigenvalue weighted by Crippen LogP contribution is -2.32. The fourth-order valence-electron chi connectivity index (χ4n) is 1.75. The van der Waals surface area contributed by atoms with Crippen LogP contribution >= 0.6 is 11.6 Å². The van der Waals surface area contributed by atoms with Crippen LogP contribution in [0.3, 0.4) is 0 Å². The summed E-state index contributed by atoms with van der Waals surface area (Å²) in [7, 11) is 1.46. The Morgan fingerprint density at radius 2 is 2.24 bits per heavy atom. The van der Waals surface area contributed by atoms with Crippen LogP contribution in [0, 0.1) is 0 Å². The van der Waals surface area contributed by atoms with Crippen LogP contribution in [0.15, 0.2) is 41.0 Å². The van der Waals surface area contributed by atoms with Gasteiger partial charge in [-0.3, -0.25) is 0 Å². The zero-order valence-electron chi connectivity index (χ0n) is 11.3. The van der Waals surface area contributed by atoms with Gasteiger partial charge < -0.3 is 24.9 Å². The van der Waals surface area contributed by atoms with E-state index in [-0.39, 0.29) is 6.54 Å². The Morgan fingerprint density at radius 3 is 2.90 bits per heavy atom. The van der Waals surface area contributed by atoms with E-state index in [1.165, 1.54) is 13.4 Å². The molecular formula is C14H15ClN2O4. The van der Waals surface area contributed by atoms with E-state index in [4.69, 9.17) is 20.8 Å². The summed E-state index contributed by atoms with van der Waals surface area (Å²) < 4.78 is 10.2. The first kappa shape index (κ1) is 15.2. The number of amides is 2. The molecule has 1 heterocycles. The summed E-state index contributed by atoms with van der Waals surface area (Å²) in [4.78, 5) is 11.8. The number of nitrogens with one attached hydrogen (secondary N) is 2. The van der Waals surface area contributed by atoms with Gasteiger partial charge in [0.1, 0.15) is 11.9 Å². The predicted molar refractivity (Wildman–Crippen MR) is 78.7 cm³/mol. The van der Waals surface area contributed by atoms with Crippen LogP contribution in [0.5, 0.6) is 5.75 Å². The molecule has 0 aliphatic carbocycles. The molecule has 7 heteroatoms. The molecular weight excluding hydrogens is 296 g/mol. The summed E-state index contributed by atoms with van der Waals surface area (Å²) in [5.74, 6) is 0.761. The van der Waals surface area contributed by atoms with Crippen LogP contribution in [0.2, 0.25) is 5.02 Å². The molecule has 3 N–H and O–H groups in total. The predicted octanol–water partition coefficient (Wildman–Crippen LogP) is 2.80. The monoisotopic (exact) mass is 310 g/mol. The minimum atomic E-state index is -0.910. The van der Waals surface area contributed by atoms with Crippen molar-refractivity contribution < 1.29 is 19.1 Å². The molecule has 21 heavy (non-hydrogen) atoms. The maximum absolute atomic E-state index is 11.8. The number of aliphatic hydroxyl groups excluding tert-OH is 1. The molecule has 0 saturated carbocycles.